The highest BCUT2D eigenvalue weighted by Crippen LogP contribution is 2.23. The lowest BCUT2D eigenvalue weighted by atomic mass is 10.0. The normalized spacial score (nSPS) is 14.5. The molecule has 5 heterocycles. The summed E-state index contributed by atoms with van der Waals surface area (Å²) >= 11 is 0. The Bertz CT molecular complexity index is 1480. The molecule has 0 spiro atoms. The van der Waals surface area contributed by atoms with Gasteiger partial charge in [-0.3, -0.25) is 9.48 Å². The van der Waals surface area contributed by atoms with Gasteiger partial charge in [0.05, 0.1) is 17.9 Å². The molecule has 10 heteroatoms. The summed E-state index contributed by atoms with van der Waals surface area (Å²) in [5, 5.41) is 23.0. The van der Waals surface area contributed by atoms with E-state index in [1.165, 1.54) is 0 Å². The van der Waals surface area contributed by atoms with Gasteiger partial charge in [-0.05, 0) is 61.1 Å². The summed E-state index contributed by atoms with van der Waals surface area (Å²) < 4.78 is 3.84. The first kappa shape index (κ1) is 21.3. The quantitative estimate of drug-likeness (QED) is 0.425. The summed E-state index contributed by atoms with van der Waals surface area (Å²) in [7, 11) is 0. The maximum absolute atomic E-state index is 12.2. The van der Waals surface area contributed by atoms with Gasteiger partial charge in [0, 0.05) is 29.8 Å². The molecule has 1 fully saturated rings. The van der Waals surface area contributed by atoms with Gasteiger partial charge < -0.3 is 10.3 Å². The molecule has 33 heavy (non-hydrogen) atoms. The molecule has 0 saturated carbocycles. The molecule has 6 rings (SSSR count). The minimum Gasteiger partial charge on any atom is -0.329 e. The van der Waals surface area contributed by atoms with Crippen molar-refractivity contribution in [2.24, 2.45) is 0 Å². The summed E-state index contributed by atoms with van der Waals surface area (Å²) in [6.07, 6.45) is 8.30. The second-order valence-corrected chi connectivity index (χ2v) is 8.16. The molecule has 168 valence electrons. The van der Waals surface area contributed by atoms with Crippen molar-refractivity contribution >= 4 is 28.8 Å². The minimum atomic E-state index is -0.0957. The van der Waals surface area contributed by atoms with Crippen LogP contribution in [0.1, 0.15) is 30.3 Å². The monoisotopic (exact) mass is 462 g/mol. The van der Waals surface area contributed by atoms with E-state index < -0.39 is 0 Å². The number of benzene rings is 1. The molecule has 0 bridgehead atoms. The van der Waals surface area contributed by atoms with Gasteiger partial charge in [-0.2, -0.15) is 14.7 Å². The van der Waals surface area contributed by atoms with Crippen LogP contribution in [0.3, 0.4) is 0 Å². The van der Waals surface area contributed by atoms with Crippen molar-refractivity contribution < 1.29 is 0 Å². The molecule has 0 unspecified atom stereocenters. The lowest BCUT2D eigenvalue weighted by Crippen LogP contribution is -2.29. The van der Waals surface area contributed by atoms with Crippen molar-refractivity contribution in [3.63, 3.8) is 0 Å². The van der Waals surface area contributed by atoms with E-state index in [2.05, 4.69) is 36.5 Å². The van der Waals surface area contributed by atoms with Crippen molar-refractivity contribution in [1.82, 2.24) is 39.9 Å². The Hall–Kier alpha value is -3.56. The lowest BCUT2D eigenvalue weighted by molar-refractivity contribution is 0.343. The van der Waals surface area contributed by atoms with Crippen LogP contribution in [-0.4, -0.2) is 47.7 Å². The second kappa shape index (κ2) is 8.76. The summed E-state index contributed by atoms with van der Waals surface area (Å²) in [5.41, 5.74) is 3.40. The fourth-order valence-electron chi connectivity index (χ4n) is 4.45. The predicted molar refractivity (Wildman–Crippen MR) is 128 cm³/mol. The molecule has 4 aromatic heterocycles. The van der Waals surface area contributed by atoms with Gasteiger partial charge in [0.1, 0.15) is 0 Å². The van der Waals surface area contributed by atoms with E-state index in [0.717, 1.165) is 54.0 Å². The van der Waals surface area contributed by atoms with Gasteiger partial charge in [-0.15, -0.1) is 22.6 Å². The van der Waals surface area contributed by atoms with E-state index in [-0.39, 0.29) is 18.0 Å². The van der Waals surface area contributed by atoms with Crippen LogP contribution in [0.5, 0.6) is 0 Å². The van der Waals surface area contributed by atoms with Crippen molar-refractivity contribution in [2.75, 3.05) is 13.1 Å². The first-order valence-electron chi connectivity index (χ1n) is 10.8. The number of piperidine rings is 1. The number of rotatable bonds is 4. The largest absolute Gasteiger partial charge is 0.329 e. The summed E-state index contributed by atoms with van der Waals surface area (Å²) in [6, 6.07) is 12.0. The molecule has 0 radical (unpaired) electrons. The molecule has 9 nitrogen and oxygen atoms in total. The summed E-state index contributed by atoms with van der Waals surface area (Å²) in [4.78, 5) is 14.9. The number of hydrogen-bond acceptors (Lipinski definition) is 6. The fourth-order valence-corrected chi connectivity index (χ4v) is 4.45. The predicted octanol–water partition coefficient (Wildman–Crippen LogP) is 2.77. The fraction of sp³-hybridized carbons (Fsp3) is 0.261. The van der Waals surface area contributed by atoms with E-state index in [4.69, 9.17) is 5.10 Å². The van der Waals surface area contributed by atoms with Crippen LogP contribution >= 0.6 is 12.4 Å². The number of H-pyrrole nitrogens is 1. The van der Waals surface area contributed by atoms with Crippen LogP contribution < -0.4 is 10.9 Å². The maximum atomic E-state index is 12.2. The average Bonchev–Trinajstić information content (AvgIpc) is 3.48. The molecule has 1 saturated heterocycles. The zero-order chi connectivity index (χ0) is 21.5. The third-order valence-electron chi connectivity index (χ3n) is 6.16. The highest BCUT2D eigenvalue weighted by molar-refractivity contribution is 5.85. The summed E-state index contributed by atoms with van der Waals surface area (Å²) in [6.45, 7) is 2.04. The van der Waals surface area contributed by atoms with Crippen LogP contribution in [0.15, 0.2) is 59.8 Å². The standard InChI is InChI=1S/C23H22N8O.ClH/c32-23-19-3-1-2-15(18(19)8-11-25-23)12-22-28-27-21-5-4-20(29-31(21)22)16-13-26-30(14-16)17-6-9-24-10-7-17;/h1-5,8,11,13-14,17,24H,6-7,9-10,12H2,(H,25,32);1H. The van der Waals surface area contributed by atoms with E-state index >= 15 is 0 Å². The molecular formula is C23H23ClN8O. The molecular weight excluding hydrogens is 440 g/mol. The number of nitrogens with zero attached hydrogens (tertiary/aromatic N) is 6. The SMILES string of the molecule is Cl.O=c1[nH]ccc2c(Cc3nnc4ccc(-c5cnn(C6CCNCC6)c5)nn34)cccc12. The number of halogens is 1. The molecule has 0 amide bonds. The summed E-state index contributed by atoms with van der Waals surface area (Å²) in [5.74, 6) is 0.723. The van der Waals surface area contributed by atoms with Crippen molar-refractivity contribution in [1.29, 1.82) is 0 Å². The van der Waals surface area contributed by atoms with E-state index in [1.807, 2.05) is 42.6 Å². The van der Waals surface area contributed by atoms with Gasteiger partial charge in [-0.1, -0.05) is 12.1 Å². The number of fused-ring (bicyclic) bond motifs is 2. The number of aromatic amines is 1. The van der Waals surface area contributed by atoms with Crippen LogP contribution in [0.25, 0.3) is 27.7 Å². The van der Waals surface area contributed by atoms with Gasteiger partial charge >= 0.3 is 0 Å². The first-order chi connectivity index (χ1) is 15.8. The Morgan fingerprint density at radius 3 is 2.79 bits per heavy atom. The molecule has 0 atom stereocenters. The maximum Gasteiger partial charge on any atom is 0.255 e. The molecule has 2 N–H and O–H groups in total. The smallest absolute Gasteiger partial charge is 0.255 e. The van der Waals surface area contributed by atoms with Gasteiger partial charge in [0.25, 0.3) is 5.56 Å². The Morgan fingerprint density at radius 2 is 1.91 bits per heavy atom. The van der Waals surface area contributed by atoms with Crippen LogP contribution in [-0.2, 0) is 6.42 Å². The zero-order valence-electron chi connectivity index (χ0n) is 17.8. The number of hydrogen-bond donors (Lipinski definition) is 2. The number of aromatic nitrogens is 7. The third kappa shape index (κ3) is 3.90. The van der Waals surface area contributed by atoms with Crippen molar-refractivity contribution in [3.05, 3.63) is 76.7 Å². The Balaban J connectivity index is 0.00000228. The Morgan fingerprint density at radius 1 is 1.03 bits per heavy atom. The molecule has 1 aliphatic heterocycles. The molecule has 1 aliphatic rings. The first-order valence-corrected chi connectivity index (χ1v) is 10.8. The van der Waals surface area contributed by atoms with Crippen LogP contribution in [0.4, 0.5) is 0 Å². The molecule has 5 aromatic rings. The van der Waals surface area contributed by atoms with Crippen LogP contribution in [0, 0.1) is 0 Å². The van der Waals surface area contributed by atoms with E-state index in [9.17, 15) is 4.79 Å². The molecule has 0 aliphatic carbocycles. The second-order valence-electron chi connectivity index (χ2n) is 8.16. The molecule has 1 aromatic carbocycles. The van der Waals surface area contributed by atoms with Gasteiger partial charge in [0.15, 0.2) is 11.5 Å². The van der Waals surface area contributed by atoms with Crippen LogP contribution in [0.2, 0.25) is 0 Å². The lowest BCUT2D eigenvalue weighted by Gasteiger charge is -2.22. The van der Waals surface area contributed by atoms with Crippen molar-refractivity contribution in [3.8, 4) is 11.3 Å². The highest BCUT2D eigenvalue weighted by Gasteiger charge is 2.17. The topological polar surface area (TPSA) is 106 Å². The van der Waals surface area contributed by atoms with Crippen molar-refractivity contribution in [2.45, 2.75) is 25.3 Å². The third-order valence-corrected chi connectivity index (χ3v) is 6.16. The van der Waals surface area contributed by atoms with E-state index in [1.54, 1.807) is 10.7 Å². The Labute approximate surface area is 195 Å². The van der Waals surface area contributed by atoms with Gasteiger partial charge in [0.2, 0.25) is 0 Å². The Kier molecular flexibility index (Phi) is 5.65. The van der Waals surface area contributed by atoms with Gasteiger partial charge in [-0.25, -0.2) is 0 Å². The zero-order valence-corrected chi connectivity index (χ0v) is 18.6. The highest BCUT2D eigenvalue weighted by atomic mass is 35.5. The number of pyridine rings is 1. The minimum absolute atomic E-state index is 0. The number of nitrogens with one attached hydrogen (secondary N) is 2. The average molecular weight is 463 g/mol. The van der Waals surface area contributed by atoms with E-state index in [0.29, 0.717) is 23.5 Å².